The van der Waals surface area contributed by atoms with Crippen LogP contribution in [0.2, 0.25) is 0 Å². The van der Waals surface area contributed by atoms with Crippen LogP contribution in [0.3, 0.4) is 0 Å². The van der Waals surface area contributed by atoms with Crippen LogP contribution in [-0.4, -0.2) is 69.3 Å². The first-order valence-electron chi connectivity index (χ1n) is 14.0. The average molecular weight is 640 g/mol. The molecule has 16 heteroatoms. The summed E-state index contributed by atoms with van der Waals surface area (Å²) in [6.45, 7) is 11.4. The topological polar surface area (TPSA) is 142 Å². The number of aryl methyl sites for hydroxylation is 1. The first-order valence-corrected chi connectivity index (χ1v) is 14.9. The van der Waals surface area contributed by atoms with Crippen LogP contribution >= 0.6 is 8.69 Å². The minimum atomic E-state index is -2.54. The van der Waals surface area contributed by atoms with Gasteiger partial charge in [0.05, 0.1) is 47.9 Å². The highest BCUT2D eigenvalue weighted by atomic mass is 31.1. The van der Waals surface area contributed by atoms with Gasteiger partial charge in [-0.1, -0.05) is 0 Å². The number of fused-ring (bicyclic) bond motifs is 1. The molecule has 1 aromatic heterocycles. The fourth-order valence-corrected chi connectivity index (χ4v) is 5.11. The highest BCUT2D eigenvalue weighted by molar-refractivity contribution is 7.17. The quantitative estimate of drug-likeness (QED) is 0.286. The molecule has 0 N–H and O–H groups in total. The number of hydrogen-bond donors (Lipinski definition) is 0. The molecule has 3 amide bonds. The summed E-state index contributed by atoms with van der Waals surface area (Å²) < 4.78 is 56.1. The van der Waals surface area contributed by atoms with E-state index in [1.165, 1.54) is 11.0 Å². The SMILES string of the molecule is CC(=O)N(CC1CN(c2ccc(N3Cc4cn(C)nc4C3)c(F)c2)C(=O)O1)C(=O)OC(O[PH2]=O)(OC(C)(C)C)OC(C)(C)C. The maximum atomic E-state index is 15.2. The van der Waals surface area contributed by atoms with Crippen LogP contribution < -0.4 is 9.80 Å². The molecule has 2 atom stereocenters. The van der Waals surface area contributed by atoms with Gasteiger partial charge in [-0.15, -0.1) is 0 Å². The van der Waals surface area contributed by atoms with Crippen LogP contribution in [0, 0.1) is 5.82 Å². The van der Waals surface area contributed by atoms with Crippen LogP contribution in [0.15, 0.2) is 24.4 Å². The largest absolute Gasteiger partial charge is 0.470 e. The van der Waals surface area contributed by atoms with E-state index >= 15 is 4.39 Å². The Kier molecular flexibility index (Phi) is 9.46. The van der Waals surface area contributed by atoms with Crippen LogP contribution in [0.1, 0.15) is 59.7 Å². The smallest absolute Gasteiger partial charge is 0.442 e. The van der Waals surface area contributed by atoms with E-state index in [0.717, 1.165) is 18.2 Å². The third-order valence-electron chi connectivity index (χ3n) is 6.41. The van der Waals surface area contributed by atoms with Crippen molar-refractivity contribution in [1.29, 1.82) is 0 Å². The van der Waals surface area contributed by atoms with E-state index in [2.05, 4.69) is 5.10 Å². The third-order valence-corrected chi connectivity index (χ3v) is 6.79. The lowest BCUT2D eigenvalue weighted by molar-refractivity contribution is -0.488. The van der Waals surface area contributed by atoms with E-state index in [-0.39, 0.29) is 12.2 Å². The molecule has 2 aromatic rings. The highest BCUT2D eigenvalue weighted by Crippen LogP contribution is 2.35. The lowest BCUT2D eigenvalue weighted by Gasteiger charge is -2.39. The van der Waals surface area contributed by atoms with Gasteiger partial charge in [-0.3, -0.25) is 28.4 Å². The number of halogens is 1. The number of rotatable bonds is 9. The molecule has 0 bridgehead atoms. The third kappa shape index (κ3) is 7.95. The predicted octanol–water partition coefficient (Wildman–Crippen LogP) is 4.32. The molecule has 0 saturated carbocycles. The van der Waals surface area contributed by atoms with Gasteiger partial charge in [-0.2, -0.15) is 5.10 Å². The summed E-state index contributed by atoms with van der Waals surface area (Å²) in [4.78, 5) is 42.4. The Hall–Kier alpha value is -3.52. The first kappa shape index (κ1) is 33.4. The summed E-state index contributed by atoms with van der Waals surface area (Å²) >= 11 is 0. The summed E-state index contributed by atoms with van der Waals surface area (Å²) in [5.74, 6) is -1.27. The zero-order valence-electron chi connectivity index (χ0n) is 26.1. The maximum absolute atomic E-state index is 15.2. The lowest BCUT2D eigenvalue weighted by atomic mass is 10.2. The number of hydrogen-bond acceptors (Lipinski definition) is 11. The molecular formula is C28H39FN5O9P. The van der Waals surface area contributed by atoms with Crippen LogP contribution in [0.4, 0.5) is 25.4 Å². The molecule has 14 nitrogen and oxygen atoms in total. The van der Waals surface area contributed by atoms with Gasteiger partial charge in [-0.05, 0) is 59.7 Å². The second-order valence-corrected chi connectivity index (χ2v) is 13.0. The van der Waals surface area contributed by atoms with Crippen LogP contribution in [0.25, 0.3) is 0 Å². The van der Waals surface area contributed by atoms with E-state index in [0.29, 0.717) is 23.7 Å². The number of carbonyl (C=O) groups is 3. The molecule has 44 heavy (non-hydrogen) atoms. The van der Waals surface area contributed by atoms with E-state index in [9.17, 15) is 18.9 Å². The fraction of sp³-hybridized carbons (Fsp3) is 0.571. The molecular weight excluding hydrogens is 600 g/mol. The van der Waals surface area contributed by atoms with E-state index in [1.54, 1.807) is 58.4 Å². The molecule has 4 rings (SSSR count). The summed E-state index contributed by atoms with van der Waals surface area (Å²) in [5.41, 5.74) is 0.512. The fourth-order valence-electron chi connectivity index (χ4n) is 4.85. The van der Waals surface area contributed by atoms with E-state index < -0.39 is 62.6 Å². The van der Waals surface area contributed by atoms with Gasteiger partial charge in [0.15, 0.2) is 8.69 Å². The van der Waals surface area contributed by atoms with Crippen molar-refractivity contribution in [3.63, 3.8) is 0 Å². The van der Waals surface area contributed by atoms with Crippen molar-refractivity contribution in [3.05, 3.63) is 41.5 Å². The molecule has 0 spiro atoms. The van der Waals surface area contributed by atoms with Gasteiger partial charge >= 0.3 is 18.3 Å². The Morgan fingerprint density at radius 2 is 1.80 bits per heavy atom. The van der Waals surface area contributed by atoms with Crippen molar-refractivity contribution in [3.8, 4) is 0 Å². The molecule has 0 radical (unpaired) electrons. The number of anilines is 2. The van der Waals surface area contributed by atoms with Crippen molar-refractivity contribution in [2.45, 2.75) is 85.0 Å². The van der Waals surface area contributed by atoms with Gasteiger partial charge in [0, 0.05) is 32.3 Å². The molecule has 1 aromatic carbocycles. The summed E-state index contributed by atoms with van der Waals surface area (Å²) in [7, 11) is -0.141. The Bertz CT molecular complexity index is 1400. The van der Waals surface area contributed by atoms with Gasteiger partial charge in [-0.25, -0.2) is 23.4 Å². The normalized spacial score (nSPS) is 17.4. The highest BCUT2D eigenvalue weighted by Gasteiger charge is 2.48. The van der Waals surface area contributed by atoms with E-state index in [4.69, 9.17) is 23.5 Å². The van der Waals surface area contributed by atoms with Crippen LogP contribution in [-0.2, 0) is 53.0 Å². The Balaban J connectivity index is 1.46. The number of benzene rings is 1. The molecule has 242 valence electrons. The van der Waals surface area contributed by atoms with Gasteiger partial charge < -0.3 is 14.4 Å². The Labute approximate surface area is 256 Å². The van der Waals surface area contributed by atoms with Gasteiger partial charge in [0.1, 0.15) is 11.9 Å². The maximum Gasteiger partial charge on any atom is 0.470 e. The molecule has 2 aliphatic heterocycles. The van der Waals surface area contributed by atoms with E-state index in [1.807, 2.05) is 18.1 Å². The van der Waals surface area contributed by atoms with Crippen LogP contribution in [0.5, 0.6) is 0 Å². The summed E-state index contributed by atoms with van der Waals surface area (Å²) in [6.07, 6.45) is -3.64. The molecule has 2 unspecified atom stereocenters. The monoisotopic (exact) mass is 639 g/mol. The minimum Gasteiger partial charge on any atom is -0.442 e. The molecule has 1 fully saturated rings. The van der Waals surface area contributed by atoms with Crippen molar-refractivity contribution < 1.29 is 46.8 Å². The first-order chi connectivity index (χ1) is 20.4. The molecule has 0 aliphatic carbocycles. The minimum absolute atomic E-state index is 0.0856. The number of imide groups is 1. The van der Waals surface area contributed by atoms with Crippen molar-refractivity contribution >= 4 is 38.2 Å². The summed E-state index contributed by atoms with van der Waals surface area (Å²) in [6, 6.07) is 4.41. The van der Waals surface area contributed by atoms with Gasteiger partial charge in [0.25, 0.3) is 0 Å². The molecule has 3 heterocycles. The number of amides is 3. The standard InChI is InChI=1S/C28H39FN5O9P/c1-17(35)33(25(37)40-28(43-44-38,41-26(2,3)4)42-27(5,6)7)14-20-15-34(24(36)39-20)19-9-10-23(21(29)11-19)32-13-18-12-31(8)30-22(18)16-32/h9-12,20H,13-16,44H2,1-8H3. The van der Waals surface area contributed by atoms with Crippen molar-refractivity contribution in [2.24, 2.45) is 7.05 Å². The van der Waals surface area contributed by atoms with Crippen molar-refractivity contribution in [2.75, 3.05) is 22.9 Å². The average Bonchev–Trinajstić information content (AvgIpc) is 3.52. The molecule has 1 saturated heterocycles. The van der Waals surface area contributed by atoms with Crippen molar-refractivity contribution in [1.82, 2.24) is 14.7 Å². The number of aromatic nitrogens is 2. The Morgan fingerprint density at radius 3 is 2.34 bits per heavy atom. The number of cyclic esters (lactones) is 1. The second kappa shape index (κ2) is 12.5. The van der Waals surface area contributed by atoms with Gasteiger partial charge in [0.2, 0.25) is 5.91 Å². The predicted molar refractivity (Wildman–Crippen MR) is 157 cm³/mol. The second-order valence-electron chi connectivity index (χ2n) is 12.5. The number of carbonyl (C=O) groups excluding carboxylic acids is 3. The molecule has 2 aliphatic rings. The number of nitrogens with zero attached hydrogens (tertiary/aromatic N) is 5. The number of ether oxygens (including phenoxy) is 4. The Morgan fingerprint density at radius 1 is 1.14 bits per heavy atom. The lowest BCUT2D eigenvalue weighted by Crippen LogP contribution is -2.53. The zero-order valence-corrected chi connectivity index (χ0v) is 27.2. The zero-order chi connectivity index (χ0) is 32.6. The summed E-state index contributed by atoms with van der Waals surface area (Å²) in [5, 5.41) is 4.39.